The van der Waals surface area contributed by atoms with Gasteiger partial charge < -0.3 is 4.90 Å². The lowest BCUT2D eigenvalue weighted by atomic mass is 9.85. The summed E-state index contributed by atoms with van der Waals surface area (Å²) in [5.74, 6) is 1.00. The van der Waals surface area contributed by atoms with Gasteiger partial charge in [0.15, 0.2) is 4.34 Å². The smallest absolute Gasteiger partial charge is 0.240 e. The van der Waals surface area contributed by atoms with Gasteiger partial charge in [-0.25, -0.2) is 0 Å². The summed E-state index contributed by atoms with van der Waals surface area (Å²) in [6.07, 6.45) is 3.39. The highest BCUT2D eigenvalue weighted by atomic mass is 32.2. The number of amides is 2. The molecule has 2 fully saturated rings. The zero-order valence-corrected chi connectivity index (χ0v) is 18.0. The molecule has 2 saturated heterocycles. The Kier molecular flexibility index (Phi) is 6.12. The first-order valence-electron chi connectivity index (χ1n) is 9.76. The van der Waals surface area contributed by atoms with E-state index in [0.717, 1.165) is 41.7 Å². The first-order valence-corrected chi connectivity index (χ1v) is 11.6. The van der Waals surface area contributed by atoms with Crippen molar-refractivity contribution in [1.29, 1.82) is 0 Å². The largest absolute Gasteiger partial charge is 0.336 e. The van der Waals surface area contributed by atoms with Crippen LogP contribution in [0.2, 0.25) is 0 Å². The van der Waals surface area contributed by atoms with Crippen molar-refractivity contribution in [3.63, 3.8) is 0 Å². The molecule has 1 atom stereocenters. The Labute approximate surface area is 178 Å². The van der Waals surface area contributed by atoms with Crippen molar-refractivity contribution in [3.8, 4) is 0 Å². The lowest BCUT2D eigenvalue weighted by Gasteiger charge is -2.23. The SMILES string of the molecule is CCSc1nnc(NC(=O)CN2CCC3(CCN(Cc4ccccn4)C3=O)C2)s1. The fourth-order valence-electron chi connectivity index (χ4n) is 4.01. The number of carbonyl (C=O) groups excluding carboxylic acids is 2. The van der Waals surface area contributed by atoms with Crippen molar-refractivity contribution in [2.75, 3.05) is 37.2 Å². The third kappa shape index (κ3) is 4.59. The second kappa shape index (κ2) is 8.76. The Bertz CT molecular complexity index is 877. The van der Waals surface area contributed by atoms with Crippen molar-refractivity contribution in [2.45, 2.75) is 30.6 Å². The van der Waals surface area contributed by atoms with Gasteiger partial charge in [0.25, 0.3) is 0 Å². The van der Waals surface area contributed by atoms with Gasteiger partial charge in [0.2, 0.25) is 16.9 Å². The highest BCUT2D eigenvalue weighted by molar-refractivity contribution is 8.01. The molecule has 8 nitrogen and oxygen atoms in total. The van der Waals surface area contributed by atoms with Crippen molar-refractivity contribution in [2.24, 2.45) is 5.41 Å². The third-order valence-corrected chi connectivity index (χ3v) is 7.26. The van der Waals surface area contributed by atoms with Gasteiger partial charge in [-0.2, -0.15) is 0 Å². The first kappa shape index (κ1) is 20.2. The van der Waals surface area contributed by atoms with Crippen LogP contribution in [0.25, 0.3) is 0 Å². The number of carbonyl (C=O) groups is 2. The number of hydrogen-bond acceptors (Lipinski definition) is 8. The van der Waals surface area contributed by atoms with Crippen LogP contribution in [0.3, 0.4) is 0 Å². The summed E-state index contributed by atoms with van der Waals surface area (Å²) in [4.78, 5) is 33.8. The van der Waals surface area contributed by atoms with Crippen LogP contribution in [0.15, 0.2) is 28.7 Å². The summed E-state index contributed by atoms with van der Waals surface area (Å²) in [6.45, 7) is 5.00. The van der Waals surface area contributed by atoms with Gasteiger partial charge in [-0.1, -0.05) is 36.1 Å². The van der Waals surface area contributed by atoms with Crippen LogP contribution in [0.4, 0.5) is 5.13 Å². The normalized spacial score (nSPS) is 22.0. The fourth-order valence-corrected chi connectivity index (χ4v) is 5.67. The minimum Gasteiger partial charge on any atom is -0.336 e. The average molecular weight is 433 g/mol. The van der Waals surface area contributed by atoms with Gasteiger partial charge in [-0.3, -0.25) is 24.8 Å². The van der Waals surface area contributed by atoms with Crippen LogP contribution in [0, 0.1) is 5.41 Å². The Morgan fingerprint density at radius 1 is 1.31 bits per heavy atom. The van der Waals surface area contributed by atoms with Crippen LogP contribution in [-0.4, -0.2) is 68.7 Å². The molecule has 2 aromatic rings. The summed E-state index contributed by atoms with van der Waals surface area (Å²) in [5, 5.41) is 11.4. The number of pyridine rings is 1. The van der Waals surface area contributed by atoms with E-state index >= 15 is 0 Å². The maximum absolute atomic E-state index is 13.1. The lowest BCUT2D eigenvalue weighted by Crippen LogP contribution is -2.38. The molecule has 4 rings (SSSR count). The summed E-state index contributed by atoms with van der Waals surface area (Å²) in [5.41, 5.74) is 0.549. The average Bonchev–Trinajstić information content (AvgIpc) is 3.40. The molecule has 1 spiro atoms. The Morgan fingerprint density at radius 2 is 2.17 bits per heavy atom. The van der Waals surface area contributed by atoms with Crippen LogP contribution in [-0.2, 0) is 16.1 Å². The highest BCUT2D eigenvalue weighted by Crippen LogP contribution is 2.41. The molecule has 0 radical (unpaired) electrons. The lowest BCUT2D eigenvalue weighted by molar-refractivity contribution is -0.136. The van der Waals surface area contributed by atoms with E-state index in [-0.39, 0.29) is 23.8 Å². The molecule has 10 heteroatoms. The third-order valence-electron chi connectivity index (χ3n) is 5.40. The van der Waals surface area contributed by atoms with E-state index in [0.29, 0.717) is 18.2 Å². The van der Waals surface area contributed by atoms with Crippen LogP contribution >= 0.6 is 23.1 Å². The van der Waals surface area contributed by atoms with Gasteiger partial charge >= 0.3 is 0 Å². The fraction of sp³-hybridized carbons (Fsp3) is 0.526. The summed E-state index contributed by atoms with van der Waals surface area (Å²) >= 11 is 2.99. The zero-order chi connectivity index (χ0) is 20.3. The number of anilines is 1. The van der Waals surface area contributed by atoms with Crippen LogP contribution in [0.5, 0.6) is 0 Å². The molecule has 0 saturated carbocycles. The van der Waals surface area contributed by atoms with Gasteiger partial charge in [0.1, 0.15) is 0 Å². The Morgan fingerprint density at radius 3 is 2.97 bits per heavy atom. The molecule has 1 N–H and O–H groups in total. The Balaban J connectivity index is 1.30. The van der Waals surface area contributed by atoms with Crippen LogP contribution in [0.1, 0.15) is 25.5 Å². The Hall–Kier alpha value is -2.04. The standard InChI is InChI=1S/C19H24N6O2S2/c1-2-28-18-23-22-17(29-18)21-15(26)12-24-9-6-19(13-24)7-10-25(16(19)27)11-14-5-3-4-8-20-14/h3-5,8H,2,6-7,9-13H2,1H3,(H,21,22,26). The molecule has 2 aromatic heterocycles. The van der Waals surface area contributed by atoms with Crippen molar-refractivity contribution in [3.05, 3.63) is 30.1 Å². The molecule has 2 aliphatic rings. The minimum atomic E-state index is -0.358. The molecular formula is C19H24N6O2S2. The van der Waals surface area contributed by atoms with E-state index in [1.165, 1.54) is 11.3 Å². The molecule has 0 bridgehead atoms. The second-order valence-electron chi connectivity index (χ2n) is 7.39. The predicted molar refractivity (Wildman–Crippen MR) is 113 cm³/mol. The maximum Gasteiger partial charge on any atom is 0.240 e. The van der Waals surface area contributed by atoms with Crippen molar-refractivity contribution < 1.29 is 9.59 Å². The first-order chi connectivity index (χ1) is 14.1. The monoisotopic (exact) mass is 432 g/mol. The number of hydrogen-bond donors (Lipinski definition) is 1. The molecule has 154 valence electrons. The quantitative estimate of drug-likeness (QED) is 0.529. The second-order valence-corrected chi connectivity index (χ2v) is 9.88. The molecule has 2 aliphatic heterocycles. The highest BCUT2D eigenvalue weighted by Gasteiger charge is 2.50. The zero-order valence-electron chi connectivity index (χ0n) is 16.3. The summed E-state index contributed by atoms with van der Waals surface area (Å²) in [6, 6.07) is 5.76. The molecule has 4 heterocycles. The summed E-state index contributed by atoms with van der Waals surface area (Å²) < 4.78 is 0.854. The number of nitrogens with zero attached hydrogens (tertiary/aromatic N) is 5. The van der Waals surface area contributed by atoms with Crippen molar-refractivity contribution >= 4 is 40.0 Å². The molecule has 29 heavy (non-hydrogen) atoms. The molecule has 1 unspecified atom stereocenters. The number of rotatable bonds is 7. The molecule has 0 aliphatic carbocycles. The van der Waals surface area contributed by atoms with E-state index in [2.05, 4.69) is 32.3 Å². The van der Waals surface area contributed by atoms with Gasteiger partial charge in [-0.15, -0.1) is 10.2 Å². The molecular weight excluding hydrogens is 408 g/mol. The topological polar surface area (TPSA) is 91.3 Å². The van der Waals surface area contributed by atoms with Gasteiger partial charge in [-0.05, 0) is 37.3 Å². The predicted octanol–water partition coefficient (Wildman–Crippen LogP) is 2.11. The van der Waals surface area contributed by atoms with E-state index in [4.69, 9.17) is 0 Å². The number of likely N-dealkylation sites (tertiary alicyclic amines) is 2. The maximum atomic E-state index is 13.1. The number of thioether (sulfide) groups is 1. The van der Waals surface area contributed by atoms with Crippen LogP contribution < -0.4 is 5.32 Å². The molecule has 0 aromatic carbocycles. The summed E-state index contributed by atoms with van der Waals surface area (Å²) in [7, 11) is 0. The van der Waals surface area contributed by atoms with E-state index in [1.807, 2.05) is 23.1 Å². The van der Waals surface area contributed by atoms with Crippen molar-refractivity contribution in [1.82, 2.24) is 25.0 Å². The van der Waals surface area contributed by atoms with Gasteiger partial charge in [0.05, 0.1) is 24.2 Å². The van der Waals surface area contributed by atoms with Gasteiger partial charge in [0, 0.05) is 19.3 Å². The molecule has 2 amide bonds. The minimum absolute atomic E-state index is 0.109. The van der Waals surface area contributed by atoms with E-state index in [1.54, 1.807) is 18.0 Å². The number of nitrogens with one attached hydrogen (secondary N) is 1. The van der Waals surface area contributed by atoms with E-state index < -0.39 is 0 Å². The van der Waals surface area contributed by atoms with E-state index in [9.17, 15) is 9.59 Å². The number of aromatic nitrogens is 3.